The first-order valence-electron chi connectivity index (χ1n) is 8.45. The molecule has 23 heavy (non-hydrogen) atoms. The van der Waals surface area contributed by atoms with Crippen molar-refractivity contribution in [3.8, 4) is 0 Å². The summed E-state index contributed by atoms with van der Waals surface area (Å²) >= 11 is 0. The molecule has 3 aliphatic heterocycles. The number of imide groups is 1. The molecule has 0 N–H and O–H groups in total. The summed E-state index contributed by atoms with van der Waals surface area (Å²) in [6, 6.07) is 10.2. The van der Waals surface area contributed by atoms with E-state index in [-0.39, 0.29) is 29.8 Å². The minimum absolute atomic E-state index is 0.00561. The molecule has 3 heterocycles. The number of carbonyl (C=O) groups excluding carboxylic acids is 2. The molecule has 0 aromatic heterocycles. The second-order valence-corrected chi connectivity index (χ2v) is 6.81. The van der Waals surface area contributed by atoms with Gasteiger partial charge in [-0.1, -0.05) is 30.3 Å². The first-order chi connectivity index (χ1) is 11.2. The van der Waals surface area contributed by atoms with Crippen molar-refractivity contribution in [1.29, 1.82) is 0 Å². The molecule has 1 aromatic carbocycles. The zero-order chi connectivity index (χ0) is 15.8. The van der Waals surface area contributed by atoms with Gasteiger partial charge in [-0.2, -0.15) is 0 Å². The van der Waals surface area contributed by atoms with Crippen LogP contribution in [0.3, 0.4) is 0 Å². The lowest BCUT2D eigenvalue weighted by molar-refractivity contribution is -0.142. The lowest BCUT2D eigenvalue weighted by Gasteiger charge is -2.22. The molecule has 0 saturated carbocycles. The monoisotopic (exact) mass is 314 g/mol. The largest absolute Gasteiger partial charge is 0.376 e. The molecule has 0 unspecified atom stereocenters. The number of fused-ring (bicyclic) bond motifs is 1. The third kappa shape index (κ3) is 2.79. The lowest BCUT2D eigenvalue weighted by atomic mass is 10.00. The Morgan fingerprint density at radius 1 is 1.04 bits per heavy atom. The van der Waals surface area contributed by atoms with Gasteiger partial charge in [0.25, 0.3) is 0 Å². The Balaban J connectivity index is 1.40. The SMILES string of the molecule is O=C1[C@@H]2CN(Cc3ccccc3)C[C@H]2C(=O)N1C[C@@H]1CCCO1. The maximum Gasteiger partial charge on any atom is 0.234 e. The summed E-state index contributed by atoms with van der Waals surface area (Å²) in [5.41, 5.74) is 1.23. The number of hydrogen-bond acceptors (Lipinski definition) is 4. The van der Waals surface area contributed by atoms with E-state index in [4.69, 9.17) is 4.74 Å². The highest BCUT2D eigenvalue weighted by molar-refractivity contribution is 6.05. The fraction of sp³-hybridized carbons (Fsp3) is 0.556. The summed E-state index contributed by atoms with van der Waals surface area (Å²) in [4.78, 5) is 28.9. The van der Waals surface area contributed by atoms with Crippen LogP contribution < -0.4 is 0 Å². The van der Waals surface area contributed by atoms with Gasteiger partial charge in [0.15, 0.2) is 0 Å². The highest BCUT2D eigenvalue weighted by Gasteiger charge is 2.52. The predicted octanol–water partition coefficient (Wildman–Crippen LogP) is 1.28. The smallest absolute Gasteiger partial charge is 0.234 e. The lowest BCUT2D eigenvalue weighted by Crippen LogP contribution is -2.40. The summed E-state index contributed by atoms with van der Waals surface area (Å²) < 4.78 is 5.58. The molecule has 2 amide bonds. The summed E-state index contributed by atoms with van der Waals surface area (Å²) in [5.74, 6) is -0.308. The van der Waals surface area contributed by atoms with Crippen LogP contribution in [-0.2, 0) is 20.9 Å². The van der Waals surface area contributed by atoms with Gasteiger partial charge in [-0.15, -0.1) is 0 Å². The zero-order valence-electron chi connectivity index (χ0n) is 13.2. The van der Waals surface area contributed by atoms with Crippen molar-refractivity contribution in [2.24, 2.45) is 11.8 Å². The van der Waals surface area contributed by atoms with Crippen LogP contribution in [0.5, 0.6) is 0 Å². The Morgan fingerprint density at radius 3 is 2.35 bits per heavy atom. The summed E-state index contributed by atoms with van der Waals surface area (Å²) in [7, 11) is 0. The van der Waals surface area contributed by atoms with Crippen molar-refractivity contribution in [1.82, 2.24) is 9.80 Å². The number of nitrogens with zero attached hydrogens (tertiary/aromatic N) is 2. The maximum absolute atomic E-state index is 12.6. The van der Waals surface area contributed by atoms with Crippen LogP contribution in [0, 0.1) is 11.8 Å². The Morgan fingerprint density at radius 2 is 1.74 bits per heavy atom. The Bertz CT molecular complexity index is 574. The average molecular weight is 314 g/mol. The van der Waals surface area contributed by atoms with Crippen molar-refractivity contribution in [3.63, 3.8) is 0 Å². The number of carbonyl (C=O) groups is 2. The second-order valence-electron chi connectivity index (χ2n) is 6.81. The van der Waals surface area contributed by atoms with Gasteiger partial charge in [0, 0.05) is 26.2 Å². The molecule has 3 atom stereocenters. The van der Waals surface area contributed by atoms with Gasteiger partial charge < -0.3 is 4.74 Å². The van der Waals surface area contributed by atoms with E-state index in [2.05, 4.69) is 17.0 Å². The van der Waals surface area contributed by atoms with Crippen molar-refractivity contribution in [3.05, 3.63) is 35.9 Å². The van der Waals surface area contributed by atoms with E-state index < -0.39 is 0 Å². The van der Waals surface area contributed by atoms with Crippen molar-refractivity contribution < 1.29 is 14.3 Å². The van der Waals surface area contributed by atoms with Crippen LogP contribution in [0.4, 0.5) is 0 Å². The molecule has 3 aliphatic rings. The van der Waals surface area contributed by atoms with Gasteiger partial charge in [0.2, 0.25) is 11.8 Å². The van der Waals surface area contributed by atoms with Gasteiger partial charge in [0.05, 0.1) is 24.5 Å². The molecule has 3 saturated heterocycles. The van der Waals surface area contributed by atoms with Gasteiger partial charge in [-0.05, 0) is 18.4 Å². The van der Waals surface area contributed by atoms with Crippen LogP contribution in [0.2, 0.25) is 0 Å². The molecular formula is C18H22N2O3. The molecular weight excluding hydrogens is 292 g/mol. The van der Waals surface area contributed by atoms with E-state index >= 15 is 0 Å². The number of hydrogen-bond donors (Lipinski definition) is 0. The van der Waals surface area contributed by atoms with E-state index in [1.807, 2.05) is 18.2 Å². The standard InChI is InChI=1S/C18H22N2O3/c21-17-15-11-19(9-13-5-2-1-3-6-13)12-16(15)18(22)20(17)10-14-7-4-8-23-14/h1-3,5-6,14-16H,4,7-12H2/t14-,15+,16+/m0/s1. The van der Waals surface area contributed by atoms with Crippen LogP contribution >= 0.6 is 0 Å². The molecule has 0 radical (unpaired) electrons. The normalized spacial score (nSPS) is 31.1. The Hall–Kier alpha value is -1.72. The maximum atomic E-state index is 12.6. The number of ether oxygens (including phenoxy) is 1. The van der Waals surface area contributed by atoms with Crippen molar-refractivity contribution >= 4 is 11.8 Å². The molecule has 5 heteroatoms. The third-order valence-corrected chi connectivity index (χ3v) is 5.22. The molecule has 1 aromatic rings. The van der Waals surface area contributed by atoms with E-state index in [1.165, 1.54) is 10.5 Å². The zero-order valence-corrected chi connectivity index (χ0v) is 13.2. The Labute approximate surface area is 136 Å². The fourth-order valence-corrected chi connectivity index (χ4v) is 4.04. The molecule has 5 nitrogen and oxygen atoms in total. The minimum atomic E-state index is -0.160. The van der Waals surface area contributed by atoms with E-state index in [0.29, 0.717) is 19.6 Å². The highest BCUT2D eigenvalue weighted by Crippen LogP contribution is 2.34. The number of likely N-dealkylation sites (tertiary alicyclic amines) is 2. The molecule has 3 fully saturated rings. The number of amides is 2. The van der Waals surface area contributed by atoms with E-state index in [0.717, 1.165) is 26.0 Å². The minimum Gasteiger partial charge on any atom is -0.376 e. The second kappa shape index (κ2) is 6.06. The van der Waals surface area contributed by atoms with Gasteiger partial charge in [-0.25, -0.2) is 0 Å². The molecule has 122 valence electrons. The first-order valence-corrected chi connectivity index (χ1v) is 8.45. The van der Waals surface area contributed by atoms with E-state index in [9.17, 15) is 9.59 Å². The van der Waals surface area contributed by atoms with Crippen LogP contribution in [0.1, 0.15) is 18.4 Å². The number of rotatable bonds is 4. The first kappa shape index (κ1) is 14.8. The molecule has 4 rings (SSSR count). The van der Waals surface area contributed by atoms with Crippen molar-refractivity contribution in [2.75, 3.05) is 26.2 Å². The molecule has 0 bridgehead atoms. The summed E-state index contributed by atoms with van der Waals surface area (Å²) in [5, 5.41) is 0. The quantitative estimate of drug-likeness (QED) is 0.786. The van der Waals surface area contributed by atoms with Crippen LogP contribution in [0.25, 0.3) is 0 Å². The third-order valence-electron chi connectivity index (χ3n) is 5.22. The van der Waals surface area contributed by atoms with Gasteiger partial charge in [0.1, 0.15) is 0 Å². The summed E-state index contributed by atoms with van der Waals surface area (Å²) in [6.45, 7) is 3.38. The Kier molecular flexibility index (Phi) is 3.91. The molecule has 0 spiro atoms. The topological polar surface area (TPSA) is 49.9 Å². The van der Waals surface area contributed by atoms with E-state index in [1.54, 1.807) is 0 Å². The van der Waals surface area contributed by atoms with Gasteiger partial charge in [-0.3, -0.25) is 19.4 Å². The van der Waals surface area contributed by atoms with Crippen LogP contribution in [0.15, 0.2) is 30.3 Å². The number of benzene rings is 1. The van der Waals surface area contributed by atoms with Crippen LogP contribution in [-0.4, -0.2) is 54.0 Å². The van der Waals surface area contributed by atoms with Crippen molar-refractivity contribution in [2.45, 2.75) is 25.5 Å². The molecule has 0 aliphatic carbocycles. The fourth-order valence-electron chi connectivity index (χ4n) is 4.04. The van der Waals surface area contributed by atoms with Gasteiger partial charge >= 0.3 is 0 Å². The predicted molar refractivity (Wildman–Crippen MR) is 84.4 cm³/mol. The average Bonchev–Trinajstić information content (AvgIpc) is 3.25. The summed E-state index contributed by atoms with van der Waals surface area (Å²) in [6.07, 6.45) is 2.02. The highest BCUT2D eigenvalue weighted by atomic mass is 16.5.